The number of nitrogens with zero attached hydrogens (tertiary/aromatic N) is 1. The third-order valence-electron chi connectivity index (χ3n) is 2.44. The van der Waals surface area contributed by atoms with Crippen molar-refractivity contribution in [3.8, 4) is 5.75 Å². The van der Waals surface area contributed by atoms with Crippen molar-refractivity contribution in [1.82, 2.24) is 4.98 Å². The molecule has 0 bridgehead atoms. The van der Waals surface area contributed by atoms with E-state index in [9.17, 15) is 0 Å². The van der Waals surface area contributed by atoms with E-state index in [4.69, 9.17) is 10.5 Å². The largest absolute Gasteiger partial charge is 0.489 e. The SMILES string of the molecule is Cc1cc(OCc2ccccc2)cc(CN)n1. The Morgan fingerprint density at radius 3 is 2.65 bits per heavy atom. The zero-order valence-electron chi connectivity index (χ0n) is 9.89. The van der Waals surface area contributed by atoms with Crippen LogP contribution < -0.4 is 10.5 Å². The number of nitrogens with two attached hydrogens (primary N) is 1. The molecule has 17 heavy (non-hydrogen) atoms. The highest BCUT2D eigenvalue weighted by molar-refractivity contribution is 5.27. The second kappa shape index (κ2) is 5.46. The summed E-state index contributed by atoms with van der Waals surface area (Å²) in [5.74, 6) is 0.821. The molecule has 1 aromatic heterocycles. The topological polar surface area (TPSA) is 48.1 Å². The average Bonchev–Trinajstić information content (AvgIpc) is 2.37. The van der Waals surface area contributed by atoms with E-state index in [-0.39, 0.29) is 0 Å². The molecule has 0 spiro atoms. The van der Waals surface area contributed by atoms with Crippen molar-refractivity contribution in [1.29, 1.82) is 0 Å². The van der Waals surface area contributed by atoms with Gasteiger partial charge in [0, 0.05) is 24.4 Å². The number of aromatic nitrogens is 1. The fourth-order valence-electron chi connectivity index (χ4n) is 1.63. The fourth-order valence-corrected chi connectivity index (χ4v) is 1.63. The van der Waals surface area contributed by atoms with Crippen molar-refractivity contribution in [3.05, 3.63) is 59.4 Å². The number of aryl methyl sites for hydroxylation is 1. The number of hydrogen-bond donors (Lipinski definition) is 1. The molecular weight excluding hydrogens is 212 g/mol. The quantitative estimate of drug-likeness (QED) is 0.874. The molecule has 0 aliphatic carbocycles. The third-order valence-corrected chi connectivity index (χ3v) is 2.44. The van der Waals surface area contributed by atoms with Crippen LogP contribution in [-0.4, -0.2) is 4.98 Å². The minimum atomic E-state index is 0.434. The molecule has 3 heteroatoms. The molecule has 0 amide bonds. The Labute approximate surface area is 101 Å². The molecule has 88 valence electrons. The second-order valence-corrected chi connectivity index (χ2v) is 3.91. The van der Waals surface area contributed by atoms with E-state index < -0.39 is 0 Å². The molecule has 2 aromatic rings. The highest BCUT2D eigenvalue weighted by Crippen LogP contribution is 2.15. The summed E-state index contributed by atoms with van der Waals surface area (Å²) in [7, 11) is 0. The maximum absolute atomic E-state index is 5.72. The van der Waals surface area contributed by atoms with Gasteiger partial charge >= 0.3 is 0 Å². The van der Waals surface area contributed by atoms with Gasteiger partial charge in [-0.15, -0.1) is 0 Å². The summed E-state index contributed by atoms with van der Waals surface area (Å²) in [4.78, 5) is 4.30. The molecule has 0 atom stereocenters. The van der Waals surface area contributed by atoms with Gasteiger partial charge in [-0.2, -0.15) is 0 Å². The van der Waals surface area contributed by atoms with Crippen molar-refractivity contribution in [3.63, 3.8) is 0 Å². The lowest BCUT2D eigenvalue weighted by molar-refractivity contribution is 0.305. The first-order valence-electron chi connectivity index (χ1n) is 5.62. The van der Waals surface area contributed by atoms with Gasteiger partial charge in [0.15, 0.2) is 0 Å². The lowest BCUT2D eigenvalue weighted by Crippen LogP contribution is -2.02. The monoisotopic (exact) mass is 228 g/mol. The summed E-state index contributed by atoms with van der Waals surface area (Å²) in [6.07, 6.45) is 0. The van der Waals surface area contributed by atoms with Crippen LogP contribution in [0.25, 0.3) is 0 Å². The van der Waals surface area contributed by atoms with E-state index >= 15 is 0 Å². The van der Waals surface area contributed by atoms with Gasteiger partial charge in [0.1, 0.15) is 12.4 Å². The Kier molecular flexibility index (Phi) is 3.73. The summed E-state index contributed by atoms with van der Waals surface area (Å²) in [5, 5.41) is 0. The lowest BCUT2D eigenvalue weighted by atomic mass is 10.2. The Hall–Kier alpha value is -1.87. The minimum Gasteiger partial charge on any atom is -0.489 e. The maximum atomic E-state index is 5.72. The van der Waals surface area contributed by atoms with Crippen LogP contribution in [0.3, 0.4) is 0 Å². The molecule has 2 rings (SSSR count). The van der Waals surface area contributed by atoms with Crippen molar-refractivity contribution in [2.24, 2.45) is 5.73 Å². The number of hydrogen-bond acceptors (Lipinski definition) is 3. The van der Waals surface area contributed by atoms with Gasteiger partial charge < -0.3 is 10.5 Å². The first-order chi connectivity index (χ1) is 8.28. The van der Waals surface area contributed by atoms with E-state index in [2.05, 4.69) is 4.98 Å². The average molecular weight is 228 g/mol. The zero-order chi connectivity index (χ0) is 12.1. The van der Waals surface area contributed by atoms with Crippen LogP contribution in [-0.2, 0) is 13.2 Å². The van der Waals surface area contributed by atoms with E-state index in [0.717, 1.165) is 22.7 Å². The smallest absolute Gasteiger partial charge is 0.123 e. The maximum Gasteiger partial charge on any atom is 0.123 e. The van der Waals surface area contributed by atoms with E-state index in [1.54, 1.807) is 0 Å². The van der Waals surface area contributed by atoms with Gasteiger partial charge in [0.05, 0.1) is 5.69 Å². The summed E-state index contributed by atoms with van der Waals surface area (Å²) < 4.78 is 5.72. The van der Waals surface area contributed by atoms with Crippen LogP contribution in [0.15, 0.2) is 42.5 Å². The molecular formula is C14H16N2O. The molecule has 0 aliphatic heterocycles. The third kappa shape index (κ3) is 3.29. The molecule has 3 nitrogen and oxygen atoms in total. The van der Waals surface area contributed by atoms with Crippen molar-refractivity contribution >= 4 is 0 Å². The standard InChI is InChI=1S/C14H16N2O/c1-11-7-14(8-13(9-15)16-11)17-10-12-5-3-2-4-6-12/h2-8H,9-10,15H2,1H3. The summed E-state index contributed by atoms with van der Waals surface area (Å²) in [5.41, 5.74) is 8.51. The molecule has 1 heterocycles. The second-order valence-electron chi connectivity index (χ2n) is 3.91. The van der Waals surface area contributed by atoms with Gasteiger partial charge in [-0.05, 0) is 12.5 Å². The van der Waals surface area contributed by atoms with Crippen LogP contribution in [0.5, 0.6) is 5.75 Å². The minimum absolute atomic E-state index is 0.434. The van der Waals surface area contributed by atoms with Crippen molar-refractivity contribution in [2.75, 3.05) is 0 Å². The van der Waals surface area contributed by atoms with E-state index in [1.165, 1.54) is 0 Å². The van der Waals surface area contributed by atoms with Gasteiger partial charge in [-0.25, -0.2) is 0 Å². The van der Waals surface area contributed by atoms with Gasteiger partial charge in [0.25, 0.3) is 0 Å². The summed E-state index contributed by atoms with van der Waals surface area (Å²) in [6, 6.07) is 13.9. The lowest BCUT2D eigenvalue weighted by Gasteiger charge is -2.08. The Morgan fingerprint density at radius 1 is 1.18 bits per heavy atom. The normalized spacial score (nSPS) is 10.2. The first-order valence-corrected chi connectivity index (χ1v) is 5.62. The molecule has 2 N–H and O–H groups in total. The number of rotatable bonds is 4. The predicted octanol–water partition coefficient (Wildman–Crippen LogP) is 2.43. The predicted molar refractivity (Wildman–Crippen MR) is 67.6 cm³/mol. The van der Waals surface area contributed by atoms with Crippen LogP contribution in [0.1, 0.15) is 17.0 Å². The zero-order valence-corrected chi connectivity index (χ0v) is 9.89. The Morgan fingerprint density at radius 2 is 1.94 bits per heavy atom. The van der Waals surface area contributed by atoms with Gasteiger partial charge in [0.2, 0.25) is 0 Å². The van der Waals surface area contributed by atoms with Crippen molar-refractivity contribution < 1.29 is 4.74 Å². The van der Waals surface area contributed by atoms with Crippen LogP contribution in [0.2, 0.25) is 0 Å². The number of ether oxygens (including phenoxy) is 1. The van der Waals surface area contributed by atoms with Crippen LogP contribution >= 0.6 is 0 Å². The molecule has 0 fully saturated rings. The van der Waals surface area contributed by atoms with Gasteiger partial charge in [-0.1, -0.05) is 30.3 Å². The molecule has 0 saturated carbocycles. The highest BCUT2D eigenvalue weighted by atomic mass is 16.5. The Bertz CT molecular complexity index is 483. The first kappa shape index (κ1) is 11.6. The summed E-state index contributed by atoms with van der Waals surface area (Å²) >= 11 is 0. The fraction of sp³-hybridized carbons (Fsp3) is 0.214. The summed E-state index contributed by atoms with van der Waals surface area (Å²) in [6.45, 7) is 2.94. The molecule has 0 saturated heterocycles. The highest BCUT2D eigenvalue weighted by Gasteiger charge is 2.00. The molecule has 1 aromatic carbocycles. The molecule has 0 radical (unpaired) electrons. The van der Waals surface area contributed by atoms with E-state index in [1.807, 2.05) is 49.4 Å². The van der Waals surface area contributed by atoms with Crippen LogP contribution in [0.4, 0.5) is 0 Å². The van der Waals surface area contributed by atoms with Crippen LogP contribution in [0, 0.1) is 6.92 Å². The number of pyridine rings is 1. The molecule has 0 unspecified atom stereocenters. The molecule has 0 aliphatic rings. The van der Waals surface area contributed by atoms with Crippen molar-refractivity contribution in [2.45, 2.75) is 20.1 Å². The number of benzene rings is 1. The Balaban J connectivity index is 2.06. The van der Waals surface area contributed by atoms with Gasteiger partial charge in [-0.3, -0.25) is 4.98 Å². The van der Waals surface area contributed by atoms with E-state index in [0.29, 0.717) is 13.2 Å².